The van der Waals surface area contributed by atoms with E-state index in [9.17, 15) is 13.2 Å². The second kappa shape index (κ2) is 7.47. The van der Waals surface area contributed by atoms with Gasteiger partial charge in [-0.05, 0) is 22.0 Å². The third-order valence-corrected chi connectivity index (χ3v) is 3.69. The molecule has 1 heterocycles. The lowest BCUT2D eigenvalue weighted by atomic mass is 10.3. The van der Waals surface area contributed by atoms with Gasteiger partial charge in [-0.15, -0.1) is 11.6 Å². The van der Waals surface area contributed by atoms with Crippen LogP contribution < -0.4 is 0 Å². The van der Waals surface area contributed by atoms with Crippen LogP contribution >= 0.6 is 27.5 Å². The first kappa shape index (κ1) is 16.6. The van der Waals surface area contributed by atoms with Crippen LogP contribution in [0.15, 0.2) is 16.6 Å². The number of alkyl halides is 3. The average molecular weight is 386 g/mol. The Balaban J connectivity index is 2.25. The predicted octanol–water partition coefficient (Wildman–Crippen LogP) is 4.00. The Kier molecular flexibility index (Phi) is 5.89. The number of aryl methyl sites for hydroxylation is 1. The van der Waals surface area contributed by atoms with Crippen LogP contribution in [0, 0.1) is 5.82 Å². The van der Waals surface area contributed by atoms with Gasteiger partial charge in [0.05, 0.1) is 22.1 Å². The van der Waals surface area contributed by atoms with Gasteiger partial charge in [0.2, 0.25) is 0 Å². The number of halogens is 5. The standard InChI is InChI=1S/C13H13BrClF3N2O/c14-8-5-10-11(6-9(8)16)20(13(19-10)1-2-15)3-4-21-7-12(17)18/h5-6,12H,1-4,7H2. The van der Waals surface area contributed by atoms with Crippen LogP contribution in [-0.2, 0) is 17.7 Å². The van der Waals surface area contributed by atoms with Gasteiger partial charge in [0.1, 0.15) is 18.2 Å². The van der Waals surface area contributed by atoms with E-state index in [2.05, 4.69) is 20.9 Å². The van der Waals surface area contributed by atoms with E-state index in [-0.39, 0.29) is 6.61 Å². The Bertz CT molecular complexity index is 621. The van der Waals surface area contributed by atoms with E-state index in [0.717, 1.165) is 0 Å². The summed E-state index contributed by atoms with van der Waals surface area (Å²) in [6.45, 7) is -0.198. The van der Waals surface area contributed by atoms with E-state index >= 15 is 0 Å². The van der Waals surface area contributed by atoms with Crippen molar-refractivity contribution in [1.82, 2.24) is 9.55 Å². The first-order chi connectivity index (χ1) is 10.0. The molecule has 2 aromatic rings. The summed E-state index contributed by atoms with van der Waals surface area (Å²) in [6.07, 6.45) is -2.00. The van der Waals surface area contributed by atoms with Crippen LogP contribution in [-0.4, -0.2) is 35.1 Å². The molecule has 2 rings (SSSR count). The quantitative estimate of drug-likeness (QED) is 0.532. The maximum atomic E-state index is 13.7. The highest BCUT2D eigenvalue weighted by molar-refractivity contribution is 9.10. The second-order valence-corrected chi connectivity index (χ2v) is 5.57. The first-order valence-electron chi connectivity index (χ1n) is 6.29. The van der Waals surface area contributed by atoms with E-state index in [4.69, 9.17) is 16.3 Å². The van der Waals surface area contributed by atoms with Gasteiger partial charge >= 0.3 is 0 Å². The molecule has 0 fully saturated rings. The van der Waals surface area contributed by atoms with Crippen molar-refractivity contribution in [2.24, 2.45) is 0 Å². The normalized spacial score (nSPS) is 11.7. The number of benzene rings is 1. The number of aromatic nitrogens is 2. The predicted molar refractivity (Wildman–Crippen MR) is 78.6 cm³/mol. The zero-order valence-corrected chi connectivity index (χ0v) is 13.3. The molecule has 0 atom stereocenters. The highest BCUT2D eigenvalue weighted by atomic mass is 79.9. The molecule has 1 aromatic heterocycles. The number of hydrogen-bond acceptors (Lipinski definition) is 2. The molecule has 0 aliphatic carbocycles. The summed E-state index contributed by atoms with van der Waals surface area (Å²) in [5.41, 5.74) is 1.22. The molecule has 0 saturated carbocycles. The number of ether oxygens (including phenoxy) is 1. The first-order valence-corrected chi connectivity index (χ1v) is 7.61. The largest absolute Gasteiger partial charge is 0.374 e. The molecule has 0 aliphatic heterocycles. The fourth-order valence-corrected chi connectivity index (χ4v) is 2.52. The molecule has 0 saturated heterocycles. The smallest absolute Gasteiger partial charge is 0.261 e. The molecule has 1 aromatic carbocycles. The van der Waals surface area contributed by atoms with Crippen molar-refractivity contribution in [3.05, 3.63) is 28.2 Å². The van der Waals surface area contributed by atoms with Crippen LogP contribution in [0.2, 0.25) is 0 Å². The maximum absolute atomic E-state index is 13.7. The summed E-state index contributed by atoms with van der Waals surface area (Å²) in [6, 6.07) is 2.94. The summed E-state index contributed by atoms with van der Waals surface area (Å²) in [5, 5.41) is 0. The molecular weight excluding hydrogens is 373 g/mol. The van der Waals surface area contributed by atoms with Gasteiger partial charge in [-0.3, -0.25) is 0 Å². The van der Waals surface area contributed by atoms with Crippen LogP contribution in [0.25, 0.3) is 11.0 Å². The Morgan fingerprint density at radius 2 is 2.14 bits per heavy atom. The summed E-state index contributed by atoms with van der Waals surface area (Å²) in [7, 11) is 0. The molecule has 0 radical (unpaired) electrons. The average Bonchev–Trinajstić information content (AvgIpc) is 2.73. The van der Waals surface area contributed by atoms with Crippen LogP contribution in [0.3, 0.4) is 0 Å². The highest BCUT2D eigenvalue weighted by Gasteiger charge is 2.13. The summed E-state index contributed by atoms with van der Waals surface area (Å²) in [4.78, 5) is 4.40. The topological polar surface area (TPSA) is 27.1 Å². The third-order valence-electron chi connectivity index (χ3n) is 2.89. The van der Waals surface area contributed by atoms with Gasteiger partial charge in [0, 0.05) is 24.9 Å². The highest BCUT2D eigenvalue weighted by Crippen LogP contribution is 2.24. The maximum Gasteiger partial charge on any atom is 0.261 e. The molecular formula is C13H13BrClF3N2O. The van der Waals surface area contributed by atoms with E-state index < -0.39 is 18.8 Å². The van der Waals surface area contributed by atoms with Crippen molar-refractivity contribution < 1.29 is 17.9 Å². The Morgan fingerprint density at radius 1 is 1.38 bits per heavy atom. The minimum absolute atomic E-state index is 0.1000. The van der Waals surface area contributed by atoms with Crippen LogP contribution in [0.5, 0.6) is 0 Å². The zero-order valence-electron chi connectivity index (χ0n) is 11.0. The van der Waals surface area contributed by atoms with Crippen LogP contribution in [0.4, 0.5) is 13.2 Å². The van der Waals surface area contributed by atoms with Gasteiger partial charge in [-0.25, -0.2) is 18.2 Å². The SMILES string of the molecule is Fc1cc2c(cc1Br)nc(CCCl)n2CCOCC(F)F. The molecule has 116 valence electrons. The number of rotatable bonds is 7. The van der Waals surface area contributed by atoms with Crippen molar-refractivity contribution in [1.29, 1.82) is 0 Å². The number of fused-ring (bicyclic) bond motifs is 1. The van der Waals surface area contributed by atoms with Crippen molar-refractivity contribution in [2.45, 2.75) is 19.4 Å². The van der Waals surface area contributed by atoms with Crippen molar-refractivity contribution in [3.63, 3.8) is 0 Å². The van der Waals surface area contributed by atoms with Gasteiger partial charge < -0.3 is 9.30 Å². The molecule has 0 bridgehead atoms. The van der Waals surface area contributed by atoms with E-state index in [1.54, 1.807) is 10.6 Å². The van der Waals surface area contributed by atoms with Crippen molar-refractivity contribution >= 4 is 38.6 Å². The van der Waals surface area contributed by atoms with Gasteiger partial charge in [0.25, 0.3) is 6.43 Å². The zero-order chi connectivity index (χ0) is 15.4. The Labute approximate surface area is 133 Å². The van der Waals surface area contributed by atoms with Gasteiger partial charge in [-0.1, -0.05) is 0 Å². The second-order valence-electron chi connectivity index (χ2n) is 4.34. The minimum atomic E-state index is -2.50. The molecule has 21 heavy (non-hydrogen) atoms. The Hall–Kier alpha value is -0.790. The molecule has 0 spiro atoms. The van der Waals surface area contributed by atoms with E-state index in [1.165, 1.54) is 6.07 Å². The molecule has 0 amide bonds. The summed E-state index contributed by atoms with van der Waals surface area (Å²) in [5.74, 6) is 0.637. The molecule has 8 heteroatoms. The fraction of sp³-hybridized carbons (Fsp3) is 0.462. The van der Waals surface area contributed by atoms with Crippen LogP contribution in [0.1, 0.15) is 5.82 Å². The molecule has 3 nitrogen and oxygen atoms in total. The fourth-order valence-electron chi connectivity index (χ4n) is 2.02. The van der Waals surface area contributed by atoms with Gasteiger partial charge in [0.15, 0.2) is 0 Å². The van der Waals surface area contributed by atoms with Gasteiger partial charge in [-0.2, -0.15) is 0 Å². The number of nitrogens with zero attached hydrogens (tertiary/aromatic N) is 2. The molecule has 0 N–H and O–H groups in total. The lowest BCUT2D eigenvalue weighted by molar-refractivity contribution is 0.0148. The van der Waals surface area contributed by atoms with E-state index in [0.29, 0.717) is 40.2 Å². The number of hydrogen-bond donors (Lipinski definition) is 0. The molecule has 0 unspecified atom stereocenters. The van der Waals surface area contributed by atoms with Crippen molar-refractivity contribution in [3.8, 4) is 0 Å². The number of imidazole rings is 1. The summed E-state index contributed by atoms with van der Waals surface area (Å²) >= 11 is 8.84. The third kappa shape index (κ3) is 4.11. The molecule has 0 aliphatic rings. The van der Waals surface area contributed by atoms with Crippen molar-refractivity contribution in [2.75, 3.05) is 19.1 Å². The minimum Gasteiger partial charge on any atom is -0.374 e. The van der Waals surface area contributed by atoms with E-state index in [1.807, 2.05) is 0 Å². The Morgan fingerprint density at radius 3 is 2.81 bits per heavy atom. The summed E-state index contributed by atoms with van der Waals surface area (Å²) < 4.78 is 44.7. The lowest BCUT2D eigenvalue weighted by Gasteiger charge is -2.09. The lowest BCUT2D eigenvalue weighted by Crippen LogP contribution is -2.13. The monoisotopic (exact) mass is 384 g/mol.